The number of rotatable bonds is 7. The molecule has 1 aliphatic rings. The Hall–Kier alpha value is -2.92. The molecule has 2 N–H and O–H groups in total. The highest BCUT2D eigenvalue weighted by atomic mass is 16.1. The van der Waals surface area contributed by atoms with E-state index in [4.69, 9.17) is 0 Å². The van der Waals surface area contributed by atoms with Crippen LogP contribution in [0.2, 0.25) is 0 Å². The van der Waals surface area contributed by atoms with Crippen LogP contribution in [0.3, 0.4) is 0 Å². The summed E-state index contributed by atoms with van der Waals surface area (Å²) in [5, 5.41) is 4.23. The van der Waals surface area contributed by atoms with Crippen molar-refractivity contribution in [1.29, 1.82) is 0 Å². The van der Waals surface area contributed by atoms with E-state index in [1.54, 1.807) is 12.3 Å². The van der Waals surface area contributed by atoms with Gasteiger partial charge in [0.2, 0.25) is 5.91 Å². The smallest absolute Gasteiger partial charge is 0.244 e. The average molecular weight is 374 g/mol. The summed E-state index contributed by atoms with van der Waals surface area (Å²) in [5.41, 5.74) is 3.05. The van der Waals surface area contributed by atoms with E-state index in [-0.39, 0.29) is 11.9 Å². The highest BCUT2D eigenvalue weighted by Gasteiger charge is 2.19. The van der Waals surface area contributed by atoms with Crippen LogP contribution in [0.1, 0.15) is 24.0 Å². The van der Waals surface area contributed by atoms with Crippen molar-refractivity contribution >= 4 is 23.0 Å². The molecular weight excluding hydrogens is 348 g/mol. The summed E-state index contributed by atoms with van der Waals surface area (Å²) in [5.74, 6) is -0.0571. The second-order valence-corrected chi connectivity index (χ2v) is 7.38. The van der Waals surface area contributed by atoms with E-state index < -0.39 is 0 Å². The highest BCUT2D eigenvalue weighted by Crippen LogP contribution is 2.17. The van der Waals surface area contributed by atoms with Crippen LogP contribution in [0.5, 0.6) is 0 Å². The summed E-state index contributed by atoms with van der Waals surface area (Å²) >= 11 is 0. The summed E-state index contributed by atoms with van der Waals surface area (Å²) in [6, 6.07) is 14.4. The monoisotopic (exact) mass is 374 g/mol. The number of fused-ring (bicyclic) bond motifs is 1. The number of hydrogen-bond donors (Lipinski definition) is 2. The molecule has 144 valence electrons. The Kier molecular flexibility index (Phi) is 5.83. The Labute approximate surface area is 165 Å². The lowest BCUT2D eigenvalue weighted by Gasteiger charge is -2.24. The van der Waals surface area contributed by atoms with Crippen molar-refractivity contribution in [3.05, 3.63) is 72.1 Å². The van der Waals surface area contributed by atoms with Gasteiger partial charge in [-0.3, -0.25) is 4.79 Å². The molecule has 5 nitrogen and oxygen atoms in total. The molecule has 0 bridgehead atoms. The topological polar surface area (TPSA) is 61.0 Å². The maximum Gasteiger partial charge on any atom is 0.244 e. The van der Waals surface area contributed by atoms with Gasteiger partial charge in [-0.25, -0.2) is 4.98 Å². The minimum atomic E-state index is -0.0571. The first kappa shape index (κ1) is 18.4. The first-order chi connectivity index (χ1) is 13.8. The molecule has 1 saturated heterocycles. The Balaban J connectivity index is 1.43. The van der Waals surface area contributed by atoms with E-state index in [1.165, 1.54) is 18.4 Å². The molecule has 0 spiro atoms. The maximum absolute atomic E-state index is 12.6. The largest absolute Gasteiger partial charge is 0.348 e. The summed E-state index contributed by atoms with van der Waals surface area (Å²) in [4.78, 5) is 22.5. The zero-order chi connectivity index (χ0) is 19.2. The number of benzene rings is 1. The standard InChI is InChI=1S/C23H26N4O/c28-22(11-10-19-16-25-23-21(19)9-6-12-24-23)26-20(17-27-13-4-5-14-27)15-18-7-2-1-3-8-18/h1-3,6-12,16,20H,4-5,13-15,17H2,(H,24,25)(H,26,28)/b11-10+/t20-/m0/s1. The number of pyridine rings is 1. The zero-order valence-corrected chi connectivity index (χ0v) is 16.0. The van der Waals surface area contributed by atoms with Crippen molar-refractivity contribution in [2.75, 3.05) is 19.6 Å². The third kappa shape index (κ3) is 4.67. The van der Waals surface area contributed by atoms with Gasteiger partial charge in [0.05, 0.1) is 0 Å². The van der Waals surface area contributed by atoms with E-state index in [0.717, 1.165) is 42.7 Å². The molecule has 3 aromatic rings. The fourth-order valence-electron chi connectivity index (χ4n) is 3.87. The fraction of sp³-hybridized carbons (Fsp3) is 0.304. The van der Waals surface area contributed by atoms with Crippen LogP contribution < -0.4 is 5.32 Å². The first-order valence-electron chi connectivity index (χ1n) is 9.95. The molecule has 1 aromatic carbocycles. The number of carbonyl (C=O) groups excluding carboxylic acids is 1. The lowest BCUT2D eigenvalue weighted by atomic mass is 10.1. The number of aromatic amines is 1. The molecule has 4 rings (SSSR count). The number of H-pyrrole nitrogens is 1. The van der Waals surface area contributed by atoms with Gasteiger partial charge in [-0.1, -0.05) is 30.3 Å². The molecular formula is C23H26N4O. The van der Waals surface area contributed by atoms with Crippen molar-refractivity contribution in [2.24, 2.45) is 0 Å². The fourth-order valence-corrected chi connectivity index (χ4v) is 3.87. The van der Waals surface area contributed by atoms with Crippen molar-refractivity contribution < 1.29 is 4.79 Å². The van der Waals surface area contributed by atoms with Crippen LogP contribution >= 0.6 is 0 Å². The minimum Gasteiger partial charge on any atom is -0.348 e. The van der Waals surface area contributed by atoms with Crippen LogP contribution in [-0.2, 0) is 11.2 Å². The van der Waals surface area contributed by atoms with E-state index in [1.807, 2.05) is 30.5 Å². The quantitative estimate of drug-likeness (QED) is 0.623. The van der Waals surface area contributed by atoms with Crippen molar-refractivity contribution in [3.8, 4) is 0 Å². The number of aromatic nitrogens is 2. The molecule has 3 heterocycles. The van der Waals surface area contributed by atoms with Crippen molar-refractivity contribution in [2.45, 2.75) is 25.3 Å². The third-order valence-corrected chi connectivity index (χ3v) is 5.25. The van der Waals surface area contributed by atoms with Crippen molar-refractivity contribution in [1.82, 2.24) is 20.2 Å². The average Bonchev–Trinajstić information content (AvgIpc) is 3.37. The number of amides is 1. The van der Waals surface area contributed by atoms with Gasteiger partial charge in [0.15, 0.2) is 0 Å². The number of likely N-dealkylation sites (tertiary alicyclic amines) is 1. The van der Waals surface area contributed by atoms with E-state index in [9.17, 15) is 4.79 Å². The minimum absolute atomic E-state index is 0.0571. The summed E-state index contributed by atoms with van der Waals surface area (Å²) in [6.45, 7) is 3.14. The number of carbonyl (C=O) groups is 1. The Morgan fingerprint density at radius 2 is 2.00 bits per heavy atom. The predicted molar refractivity (Wildman–Crippen MR) is 113 cm³/mol. The molecule has 0 saturated carbocycles. The third-order valence-electron chi connectivity index (χ3n) is 5.25. The van der Waals surface area contributed by atoms with Crippen molar-refractivity contribution in [3.63, 3.8) is 0 Å². The van der Waals surface area contributed by atoms with Gasteiger partial charge >= 0.3 is 0 Å². The first-order valence-corrected chi connectivity index (χ1v) is 9.95. The van der Waals surface area contributed by atoms with Gasteiger partial charge in [0.25, 0.3) is 0 Å². The van der Waals surface area contributed by atoms with Gasteiger partial charge in [-0.2, -0.15) is 0 Å². The Morgan fingerprint density at radius 3 is 2.82 bits per heavy atom. The molecule has 5 heteroatoms. The number of nitrogens with one attached hydrogen (secondary N) is 2. The molecule has 1 aliphatic heterocycles. The predicted octanol–water partition coefficient (Wildman–Crippen LogP) is 3.40. The van der Waals surface area contributed by atoms with E-state index in [0.29, 0.717) is 0 Å². The maximum atomic E-state index is 12.6. The van der Waals surface area contributed by atoms with Gasteiger partial charge in [-0.05, 0) is 56.1 Å². The second-order valence-electron chi connectivity index (χ2n) is 7.38. The normalized spacial score (nSPS) is 16.0. The van der Waals surface area contributed by atoms with Gasteiger partial charge < -0.3 is 15.2 Å². The molecule has 2 aromatic heterocycles. The van der Waals surface area contributed by atoms with Crippen LogP contribution in [0, 0.1) is 0 Å². The summed E-state index contributed by atoms with van der Waals surface area (Å²) < 4.78 is 0. The Morgan fingerprint density at radius 1 is 1.18 bits per heavy atom. The highest BCUT2D eigenvalue weighted by molar-refractivity contribution is 5.95. The van der Waals surface area contributed by atoms with E-state index >= 15 is 0 Å². The number of nitrogens with zero attached hydrogens (tertiary/aromatic N) is 2. The lowest BCUT2D eigenvalue weighted by Crippen LogP contribution is -2.43. The summed E-state index contributed by atoms with van der Waals surface area (Å²) in [6.07, 6.45) is 10.5. The molecule has 1 amide bonds. The van der Waals surface area contributed by atoms with Crippen LogP contribution in [0.15, 0.2) is 60.9 Å². The number of hydrogen-bond acceptors (Lipinski definition) is 3. The van der Waals surface area contributed by atoms with E-state index in [2.05, 4.69) is 44.5 Å². The molecule has 1 fully saturated rings. The second kappa shape index (κ2) is 8.85. The summed E-state index contributed by atoms with van der Waals surface area (Å²) in [7, 11) is 0. The van der Waals surface area contributed by atoms with Crippen LogP contribution in [0.25, 0.3) is 17.1 Å². The Bertz CT molecular complexity index is 941. The lowest BCUT2D eigenvalue weighted by molar-refractivity contribution is -0.117. The molecule has 0 aliphatic carbocycles. The molecule has 1 atom stereocenters. The van der Waals surface area contributed by atoms with Gasteiger partial charge in [0, 0.05) is 42.0 Å². The van der Waals surface area contributed by atoms with Gasteiger partial charge in [0.1, 0.15) is 5.65 Å². The molecule has 28 heavy (non-hydrogen) atoms. The zero-order valence-electron chi connectivity index (χ0n) is 16.0. The van der Waals surface area contributed by atoms with Crippen LogP contribution in [0.4, 0.5) is 0 Å². The molecule has 0 radical (unpaired) electrons. The molecule has 0 unspecified atom stereocenters. The van der Waals surface area contributed by atoms with Gasteiger partial charge in [-0.15, -0.1) is 0 Å². The van der Waals surface area contributed by atoms with Crippen LogP contribution in [-0.4, -0.2) is 46.5 Å². The SMILES string of the molecule is O=C(/C=C/c1c[nH]c2ncccc12)N[C@@H](Cc1ccccc1)CN1CCCC1.